The first-order valence-corrected chi connectivity index (χ1v) is 10.8. The van der Waals surface area contributed by atoms with Crippen LogP contribution in [0.25, 0.3) is 22.4 Å². The fraction of sp³-hybridized carbons (Fsp3) is 0.292. The van der Waals surface area contributed by atoms with Gasteiger partial charge >= 0.3 is 0 Å². The van der Waals surface area contributed by atoms with Gasteiger partial charge in [-0.3, -0.25) is 5.10 Å². The zero-order chi connectivity index (χ0) is 22.3. The van der Waals surface area contributed by atoms with E-state index in [1.54, 1.807) is 0 Å². The molecule has 0 aliphatic heterocycles. The summed E-state index contributed by atoms with van der Waals surface area (Å²) in [5.41, 5.74) is 2.83. The summed E-state index contributed by atoms with van der Waals surface area (Å²) in [6, 6.07) is 16.0. The van der Waals surface area contributed by atoms with Gasteiger partial charge in [0.05, 0.1) is 19.2 Å². The Kier molecular flexibility index (Phi) is 8.70. The molecule has 0 radical (unpaired) electrons. The number of fused-ring (bicyclic) bond motifs is 1. The number of ether oxygens (including phenoxy) is 1. The molecular formula is C24H29IN6O2. The molecule has 1 unspecified atom stereocenters. The number of aromatic nitrogens is 3. The maximum Gasteiger partial charge on any atom is 0.192 e. The molecule has 33 heavy (non-hydrogen) atoms. The lowest BCUT2D eigenvalue weighted by Crippen LogP contribution is -2.38. The number of aliphatic imine (C=N–C) groups is 1. The van der Waals surface area contributed by atoms with E-state index >= 15 is 0 Å². The van der Waals surface area contributed by atoms with E-state index in [1.807, 2.05) is 56.3 Å². The van der Waals surface area contributed by atoms with Crippen molar-refractivity contribution < 1.29 is 9.15 Å². The normalized spacial score (nSPS) is 12.3. The highest BCUT2D eigenvalue weighted by atomic mass is 127. The molecule has 2 heterocycles. The first-order chi connectivity index (χ1) is 15.7. The van der Waals surface area contributed by atoms with Gasteiger partial charge in [0, 0.05) is 17.5 Å². The van der Waals surface area contributed by atoms with Crippen LogP contribution in [-0.2, 0) is 6.54 Å². The van der Waals surface area contributed by atoms with Gasteiger partial charge in [0.15, 0.2) is 23.1 Å². The summed E-state index contributed by atoms with van der Waals surface area (Å²) in [5.74, 6) is 3.04. The van der Waals surface area contributed by atoms with Crippen LogP contribution in [0.5, 0.6) is 5.75 Å². The van der Waals surface area contributed by atoms with Crippen molar-refractivity contribution in [1.29, 1.82) is 0 Å². The van der Waals surface area contributed by atoms with Crippen LogP contribution in [0.1, 0.15) is 38.1 Å². The second kappa shape index (κ2) is 11.7. The molecule has 0 amide bonds. The SMILES string of the molecule is CCNC(=NCc1cccc(-c2ncn[nH]2)c1)NC(C)c1cc2cccc(OCC)c2o1.I. The molecule has 4 aromatic rings. The van der Waals surface area contributed by atoms with Gasteiger partial charge in [0.25, 0.3) is 0 Å². The van der Waals surface area contributed by atoms with E-state index in [4.69, 9.17) is 14.1 Å². The molecular weight excluding hydrogens is 531 g/mol. The average Bonchev–Trinajstić information content (AvgIpc) is 3.49. The van der Waals surface area contributed by atoms with Gasteiger partial charge in [0.1, 0.15) is 12.1 Å². The average molecular weight is 560 g/mol. The molecule has 3 N–H and O–H groups in total. The Morgan fingerprint density at radius 3 is 2.79 bits per heavy atom. The van der Waals surface area contributed by atoms with Crippen LogP contribution in [-0.4, -0.2) is 34.3 Å². The van der Waals surface area contributed by atoms with Crippen molar-refractivity contribution in [3.8, 4) is 17.1 Å². The molecule has 2 aromatic carbocycles. The predicted molar refractivity (Wildman–Crippen MR) is 141 cm³/mol. The van der Waals surface area contributed by atoms with Gasteiger partial charge in [0.2, 0.25) is 0 Å². The summed E-state index contributed by atoms with van der Waals surface area (Å²) in [6.07, 6.45) is 1.50. The molecule has 4 rings (SSSR count). The molecule has 0 bridgehead atoms. The van der Waals surface area contributed by atoms with Gasteiger partial charge in [-0.1, -0.05) is 30.3 Å². The number of rotatable bonds is 8. The van der Waals surface area contributed by atoms with E-state index in [0.29, 0.717) is 13.2 Å². The quantitative estimate of drug-likeness (QED) is 0.159. The van der Waals surface area contributed by atoms with Crippen molar-refractivity contribution in [1.82, 2.24) is 25.8 Å². The summed E-state index contributed by atoms with van der Waals surface area (Å²) in [6.45, 7) is 7.94. The van der Waals surface area contributed by atoms with Gasteiger partial charge < -0.3 is 19.8 Å². The molecule has 0 fully saturated rings. The number of H-pyrrole nitrogens is 1. The van der Waals surface area contributed by atoms with Crippen molar-refractivity contribution in [3.63, 3.8) is 0 Å². The second-order valence-corrected chi connectivity index (χ2v) is 7.35. The molecule has 8 nitrogen and oxygen atoms in total. The molecule has 174 valence electrons. The summed E-state index contributed by atoms with van der Waals surface area (Å²) < 4.78 is 11.8. The fourth-order valence-electron chi connectivity index (χ4n) is 3.47. The molecule has 0 saturated heterocycles. The van der Waals surface area contributed by atoms with Crippen molar-refractivity contribution in [2.24, 2.45) is 4.99 Å². The first kappa shape index (κ1) is 24.6. The van der Waals surface area contributed by atoms with E-state index in [9.17, 15) is 0 Å². The lowest BCUT2D eigenvalue weighted by molar-refractivity contribution is 0.336. The lowest BCUT2D eigenvalue weighted by atomic mass is 10.1. The van der Waals surface area contributed by atoms with Gasteiger partial charge in [-0.25, -0.2) is 9.98 Å². The minimum Gasteiger partial charge on any atom is -0.490 e. The minimum atomic E-state index is -0.0739. The van der Waals surface area contributed by atoms with Crippen molar-refractivity contribution in [3.05, 3.63) is 66.2 Å². The largest absolute Gasteiger partial charge is 0.490 e. The van der Waals surface area contributed by atoms with Crippen LogP contribution >= 0.6 is 24.0 Å². The van der Waals surface area contributed by atoms with Crippen LogP contribution in [0.4, 0.5) is 0 Å². The Balaban J connectivity index is 0.00000306. The minimum absolute atomic E-state index is 0. The third-order valence-electron chi connectivity index (χ3n) is 4.99. The Hall–Kier alpha value is -3.08. The topological polar surface area (TPSA) is 100 Å². The first-order valence-electron chi connectivity index (χ1n) is 10.8. The van der Waals surface area contributed by atoms with Crippen molar-refractivity contribution in [2.45, 2.75) is 33.4 Å². The number of para-hydroxylation sites is 1. The Bertz CT molecular complexity index is 1190. The standard InChI is InChI=1S/C24H28N6O2.HI/c1-4-25-24(26-14-17-8-6-10-19(12-17)23-27-15-28-30-23)29-16(3)21-13-18-9-7-11-20(31-5-2)22(18)32-21;/h6-13,15-16H,4-5,14H2,1-3H3,(H2,25,26,29)(H,27,28,30);1H. The fourth-order valence-corrected chi connectivity index (χ4v) is 3.47. The lowest BCUT2D eigenvalue weighted by Gasteiger charge is -2.16. The number of aromatic amines is 1. The molecule has 2 aromatic heterocycles. The van der Waals surface area contributed by atoms with Crippen LogP contribution < -0.4 is 15.4 Å². The molecule has 0 aliphatic carbocycles. The molecule has 0 aliphatic rings. The number of nitrogens with zero attached hydrogens (tertiary/aromatic N) is 3. The Labute approximate surface area is 210 Å². The van der Waals surface area contributed by atoms with E-state index in [0.717, 1.165) is 51.9 Å². The summed E-state index contributed by atoms with van der Waals surface area (Å²) in [4.78, 5) is 8.97. The third kappa shape index (κ3) is 6.04. The van der Waals surface area contributed by atoms with E-state index in [2.05, 4.69) is 38.8 Å². The maximum atomic E-state index is 6.13. The monoisotopic (exact) mass is 560 g/mol. The van der Waals surface area contributed by atoms with Crippen LogP contribution in [0.3, 0.4) is 0 Å². The number of hydrogen-bond donors (Lipinski definition) is 3. The number of halogens is 1. The van der Waals surface area contributed by atoms with Crippen LogP contribution in [0.15, 0.2) is 64.3 Å². The third-order valence-corrected chi connectivity index (χ3v) is 4.99. The van der Waals surface area contributed by atoms with Crippen molar-refractivity contribution in [2.75, 3.05) is 13.2 Å². The molecule has 0 spiro atoms. The molecule has 1 atom stereocenters. The van der Waals surface area contributed by atoms with Gasteiger partial charge in [-0.15, -0.1) is 24.0 Å². The Morgan fingerprint density at radius 2 is 2.03 bits per heavy atom. The highest BCUT2D eigenvalue weighted by Gasteiger charge is 2.15. The molecule has 9 heteroatoms. The zero-order valence-corrected chi connectivity index (χ0v) is 21.3. The number of nitrogens with one attached hydrogen (secondary N) is 3. The van der Waals surface area contributed by atoms with Crippen LogP contribution in [0, 0.1) is 0 Å². The second-order valence-electron chi connectivity index (χ2n) is 7.35. The number of furan rings is 1. The van der Waals surface area contributed by atoms with Crippen molar-refractivity contribution >= 4 is 40.9 Å². The van der Waals surface area contributed by atoms with Gasteiger partial charge in [-0.05, 0) is 44.5 Å². The Morgan fingerprint density at radius 1 is 1.18 bits per heavy atom. The summed E-state index contributed by atoms with van der Waals surface area (Å²) in [7, 11) is 0. The summed E-state index contributed by atoms with van der Waals surface area (Å²) >= 11 is 0. The molecule has 0 saturated carbocycles. The maximum absolute atomic E-state index is 6.13. The van der Waals surface area contributed by atoms with E-state index in [-0.39, 0.29) is 30.0 Å². The predicted octanol–water partition coefficient (Wildman–Crippen LogP) is 5.05. The van der Waals surface area contributed by atoms with Gasteiger partial charge in [-0.2, -0.15) is 5.10 Å². The number of hydrogen-bond acceptors (Lipinski definition) is 5. The highest BCUT2D eigenvalue weighted by Crippen LogP contribution is 2.31. The highest BCUT2D eigenvalue weighted by molar-refractivity contribution is 14.0. The zero-order valence-electron chi connectivity index (χ0n) is 19.0. The van der Waals surface area contributed by atoms with E-state index in [1.165, 1.54) is 6.33 Å². The summed E-state index contributed by atoms with van der Waals surface area (Å²) in [5, 5.41) is 14.6. The number of benzene rings is 2. The van der Waals surface area contributed by atoms with Crippen LogP contribution in [0.2, 0.25) is 0 Å². The van der Waals surface area contributed by atoms with E-state index < -0.39 is 0 Å². The number of guanidine groups is 1. The smallest absolute Gasteiger partial charge is 0.192 e.